The zero-order valence-corrected chi connectivity index (χ0v) is 12.2. The second-order valence-corrected chi connectivity index (χ2v) is 6.39. The molecule has 1 amide bonds. The predicted molar refractivity (Wildman–Crippen MR) is 75.7 cm³/mol. The molecular weight excluding hydrogens is 333 g/mol. The summed E-state index contributed by atoms with van der Waals surface area (Å²) in [5.74, 6) is 0. The quantitative estimate of drug-likeness (QED) is 0.838. The van der Waals surface area contributed by atoms with Crippen LogP contribution in [-0.4, -0.2) is 20.3 Å². The van der Waals surface area contributed by atoms with E-state index < -0.39 is 10.1 Å². The molecule has 2 rings (SSSR count). The molecule has 2 aromatic rings. The Morgan fingerprint density at radius 1 is 1.21 bits per heavy atom. The van der Waals surface area contributed by atoms with Crippen molar-refractivity contribution in [3.05, 3.63) is 30.3 Å². The molecule has 0 unspecified atom stereocenters. The van der Waals surface area contributed by atoms with E-state index in [-0.39, 0.29) is 5.13 Å². The molecule has 0 saturated heterocycles. The van der Waals surface area contributed by atoms with Crippen molar-refractivity contribution in [2.24, 2.45) is 0 Å². The second kappa shape index (κ2) is 5.92. The van der Waals surface area contributed by atoms with Crippen LogP contribution in [0.3, 0.4) is 0 Å². The van der Waals surface area contributed by atoms with Gasteiger partial charge in [0.05, 0.1) is 0 Å². The number of hydrogen-bond acceptors (Lipinski definition) is 5. The van der Waals surface area contributed by atoms with Gasteiger partial charge in [-0.25, -0.2) is 4.79 Å². The van der Waals surface area contributed by atoms with E-state index in [2.05, 4.69) is 20.3 Å². The van der Waals surface area contributed by atoms with Crippen LogP contribution in [0, 0.1) is 0 Å². The van der Waals surface area contributed by atoms with Crippen LogP contribution in [0.4, 0.5) is 9.93 Å². The van der Waals surface area contributed by atoms with Crippen molar-refractivity contribution in [2.75, 3.05) is 5.32 Å². The summed E-state index contributed by atoms with van der Waals surface area (Å²) in [6, 6.07) is 9.40. The van der Waals surface area contributed by atoms with Gasteiger partial charge in [-0.15, -0.1) is 10.2 Å². The smallest absolute Gasteiger partial charge is 0.398 e. The number of anilines is 1. The summed E-state index contributed by atoms with van der Waals surface area (Å²) in [6.45, 7) is 0. The lowest BCUT2D eigenvalue weighted by atomic mass is 10.2. The van der Waals surface area contributed by atoms with E-state index in [4.69, 9.17) is 34.8 Å². The molecule has 0 fully saturated rings. The van der Waals surface area contributed by atoms with E-state index in [1.807, 2.05) is 30.3 Å². The van der Waals surface area contributed by atoms with Gasteiger partial charge in [-0.2, -0.15) is 0 Å². The molecule has 0 radical (unpaired) electrons. The number of rotatable bonds is 2. The van der Waals surface area contributed by atoms with Crippen molar-refractivity contribution in [2.45, 2.75) is 3.98 Å². The molecule has 0 spiro atoms. The van der Waals surface area contributed by atoms with E-state index in [0.29, 0.717) is 5.01 Å². The van der Waals surface area contributed by atoms with Crippen LogP contribution in [0.5, 0.6) is 0 Å². The van der Waals surface area contributed by atoms with Crippen molar-refractivity contribution >= 4 is 57.4 Å². The minimum Gasteiger partial charge on any atom is -0.398 e. The van der Waals surface area contributed by atoms with Gasteiger partial charge in [0.1, 0.15) is 5.01 Å². The fraction of sp³-hybridized carbons (Fsp3) is 0.100. The number of ether oxygens (including phenoxy) is 1. The third-order valence-corrected chi connectivity index (χ3v) is 2.98. The fourth-order valence-electron chi connectivity index (χ4n) is 1.19. The molecule has 0 aliphatic heterocycles. The first-order valence-electron chi connectivity index (χ1n) is 4.90. The summed E-state index contributed by atoms with van der Waals surface area (Å²) in [6.07, 6.45) is -0.921. The Kier molecular flexibility index (Phi) is 4.46. The standard InChI is InChI=1S/C10H6Cl3N3O2S/c11-10(12,13)18-9(17)14-8-16-15-7(19-8)6-4-2-1-3-5-6/h1-5H,(H,14,16,17). The normalized spacial score (nSPS) is 11.1. The summed E-state index contributed by atoms with van der Waals surface area (Å²) >= 11 is 17.1. The SMILES string of the molecule is O=C(Nc1nnc(-c2ccccc2)s1)OC(Cl)(Cl)Cl. The number of carbonyl (C=O) groups is 1. The van der Waals surface area contributed by atoms with Gasteiger partial charge in [0.25, 0.3) is 0 Å². The summed E-state index contributed by atoms with van der Waals surface area (Å²) in [5.41, 5.74) is 0.891. The third kappa shape index (κ3) is 4.50. The molecule has 0 bridgehead atoms. The summed E-state index contributed by atoms with van der Waals surface area (Å²) in [7, 11) is 0. The molecule has 1 N–H and O–H groups in total. The number of benzene rings is 1. The van der Waals surface area contributed by atoms with Crippen molar-refractivity contribution in [1.29, 1.82) is 0 Å². The Labute approximate surface area is 127 Å². The lowest BCUT2D eigenvalue weighted by Gasteiger charge is -2.10. The predicted octanol–water partition coefficient (Wildman–Crippen LogP) is 4.08. The lowest BCUT2D eigenvalue weighted by Crippen LogP contribution is -2.21. The van der Waals surface area contributed by atoms with Crippen LogP contribution < -0.4 is 5.32 Å². The Hall–Kier alpha value is -1.08. The highest BCUT2D eigenvalue weighted by Crippen LogP contribution is 2.29. The Morgan fingerprint density at radius 2 is 1.89 bits per heavy atom. The Balaban J connectivity index is 2.04. The van der Waals surface area contributed by atoms with Crippen LogP contribution in [0.2, 0.25) is 0 Å². The largest absolute Gasteiger partial charge is 0.417 e. The monoisotopic (exact) mass is 337 g/mol. The van der Waals surface area contributed by atoms with Gasteiger partial charge in [0, 0.05) is 5.56 Å². The van der Waals surface area contributed by atoms with Crippen LogP contribution in [0.15, 0.2) is 30.3 Å². The van der Waals surface area contributed by atoms with Crippen molar-refractivity contribution in [3.63, 3.8) is 0 Å². The van der Waals surface area contributed by atoms with Crippen LogP contribution in [0.25, 0.3) is 10.6 Å². The number of carbonyl (C=O) groups excluding carboxylic acids is 1. The molecule has 0 atom stereocenters. The van der Waals surface area contributed by atoms with Crippen molar-refractivity contribution < 1.29 is 9.53 Å². The molecule has 19 heavy (non-hydrogen) atoms. The Bertz CT molecular complexity index is 571. The maximum atomic E-state index is 11.3. The third-order valence-electron chi connectivity index (χ3n) is 1.86. The first kappa shape index (κ1) is 14.3. The minimum atomic E-state index is -2.11. The van der Waals surface area contributed by atoms with Gasteiger partial charge >= 0.3 is 10.1 Å². The number of nitrogens with zero attached hydrogens (tertiary/aromatic N) is 2. The highest BCUT2D eigenvalue weighted by Gasteiger charge is 2.25. The summed E-state index contributed by atoms with van der Waals surface area (Å²) in [4.78, 5) is 11.3. The number of aromatic nitrogens is 2. The van der Waals surface area contributed by atoms with Gasteiger partial charge in [-0.3, -0.25) is 5.32 Å². The van der Waals surface area contributed by atoms with E-state index in [1.165, 1.54) is 11.3 Å². The highest BCUT2D eigenvalue weighted by atomic mass is 35.6. The maximum Gasteiger partial charge on any atom is 0.417 e. The lowest BCUT2D eigenvalue weighted by molar-refractivity contribution is 0.160. The maximum absolute atomic E-state index is 11.3. The van der Waals surface area contributed by atoms with Gasteiger partial charge in [-0.05, 0) is 34.8 Å². The molecule has 0 saturated carbocycles. The number of nitrogens with one attached hydrogen (secondary N) is 1. The van der Waals surface area contributed by atoms with E-state index in [9.17, 15) is 4.79 Å². The molecule has 0 aliphatic carbocycles. The van der Waals surface area contributed by atoms with Crippen molar-refractivity contribution in [1.82, 2.24) is 10.2 Å². The number of hydrogen-bond donors (Lipinski definition) is 1. The topological polar surface area (TPSA) is 64.1 Å². The minimum absolute atomic E-state index is 0.248. The first-order valence-corrected chi connectivity index (χ1v) is 6.85. The second-order valence-electron chi connectivity index (χ2n) is 3.24. The van der Waals surface area contributed by atoms with E-state index >= 15 is 0 Å². The van der Waals surface area contributed by atoms with Crippen molar-refractivity contribution in [3.8, 4) is 10.6 Å². The molecule has 100 valence electrons. The molecule has 1 aromatic heterocycles. The fourth-order valence-corrected chi connectivity index (χ4v) is 2.13. The van der Waals surface area contributed by atoms with E-state index in [0.717, 1.165) is 5.56 Å². The zero-order valence-electron chi connectivity index (χ0n) is 9.14. The number of amides is 1. The van der Waals surface area contributed by atoms with Gasteiger partial charge in [0.2, 0.25) is 5.13 Å². The average Bonchev–Trinajstić information content (AvgIpc) is 2.76. The van der Waals surface area contributed by atoms with Crippen LogP contribution in [0.1, 0.15) is 0 Å². The van der Waals surface area contributed by atoms with Crippen LogP contribution >= 0.6 is 46.1 Å². The average molecular weight is 339 g/mol. The number of halogens is 3. The Morgan fingerprint density at radius 3 is 2.53 bits per heavy atom. The molecule has 5 nitrogen and oxygen atoms in total. The zero-order chi connectivity index (χ0) is 13.9. The first-order chi connectivity index (χ1) is 8.94. The summed E-state index contributed by atoms with van der Waals surface area (Å²) < 4.78 is 2.33. The molecule has 0 aliphatic rings. The summed E-state index contributed by atoms with van der Waals surface area (Å²) in [5, 5.41) is 10.9. The highest BCUT2D eigenvalue weighted by molar-refractivity contribution is 7.18. The number of alkyl halides is 3. The molecule has 1 aromatic carbocycles. The van der Waals surface area contributed by atoms with E-state index in [1.54, 1.807) is 0 Å². The van der Waals surface area contributed by atoms with Gasteiger partial charge in [0.15, 0.2) is 0 Å². The van der Waals surface area contributed by atoms with Crippen LogP contribution in [-0.2, 0) is 4.74 Å². The molecule has 9 heteroatoms. The van der Waals surface area contributed by atoms with Gasteiger partial charge < -0.3 is 4.74 Å². The van der Waals surface area contributed by atoms with Gasteiger partial charge in [-0.1, -0.05) is 41.7 Å². The molecular formula is C10H6Cl3N3O2S. The molecule has 1 heterocycles.